The molecule has 1 aliphatic heterocycles. The Labute approximate surface area is 138 Å². The van der Waals surface area contributed by atoms with Gasteiger partial charge in [-0.25, -0.2) is 4.98 Å². The number of H-pyrrole nitrogens is 1. The molecule has 5 nitrogen and oxygen atoms in total. The summed E-state index contributed by atoms with van der Waals surface area (Å²) >= 11 is 1.62. The fourth-order valence-electron chi connectivity index (χ4n) is 3.99. The number of hydrogen-bond donors (Lipinski definition) is 2. The number of aromatic amines is 1. The number of aliphatic hydroxyl groups is 1. The van der Waals surface area contributed by atoms with Crippen LogP contribution in [0, 0.1) is 5.41 Å². The van der Waals surface area contributed by atoms with Crippen LogP contribution in [0.2, 0.25) is 0 Å². The summed E-state index contributed by atoms with van der Waals surface area (Å²) in [4.78, 5) is 23.9. The second kappa shape index (κ2) is 5.18. The molecule has 2 aromatic rings. The van der Waals surface area contributed by atoms with Crippen molar-refractivity contribution in [3.63, 3.8) is 0 Å². The number of likely N-dealkylation sites (tertiary alicyclic amines) is 1. The van der Waals surface area contributed by atoms with E-state index in [1.807, 2.05) is 0 Å². The van der Waals surface area contributed by atoms with E-state index in [-0.39, 0.29) is 17.1 Å². The quantitative estimate of drug-likeness (QED) is 0.788. The molecule has 2 aromatic heterocycles. The number of fused-ring (bicyclic) bond motifs is 3. The maximum absolute atomic E-state index is 12.4. The fraction of sp³-hybridized carbons (Fsp3) is 0.529. The molecule has 1 fully saturated rings. The van der Waals surface area contributed by atoms with Gasteiger partial charge in [-0.15, -0.1) is 11.3 Å². The van der Waals surface area contributed by atoms with Crippen LogP contribution in [0.4, 0.5) is 0 Å². The lowest BCUT2D eigenvalue weighted by Crippen LogP contribution is -2.41. The Kier molecular flexibility index (Phi) is 3.35. The zero-order chi connectivity index (χ0) is 16.2. The van der Waals surface area contributed by atoms with E-state index in [4.69, 9.17) is 0 Å². The van der Waals surface area contributed by atoms with E-state index in [0.29, 0.717) is 5.41 Å². The lowest BCUT2D eigenvalue weighted by molar-refractivity contribution is 0.107. The third-order valence-corrected chi connectivity index (χ3v) is 6.63. The summed E-state index contributed by atoms with van der Waals surface area (Å²) in [6.45, 7) is 5.77. The zero-order valence-electron chi connectivity index (χ0n) is 13.3. The maximum atomic E-state index is 12.4. The zero-order valence-corrected chi connectivity index (χ0v) is 14.1. The van der Waals surface area contributed by atoms with Gasteiger partial charge in [-0.2, -0.15) is 0 Å². The van der Waals surface area contributed by atoms with Gasteiger partial charge in [-0.3, -0.25) is 4.79 Å². The summed E-state index contributed by atoms with van der Waals surface area (Å²) in [6.07, 6.45) is 5.65. The molecule has 1 saturated heterocycles. The second-order valence-electron chi connectivity index (χ2n) is 7.03. The van der Waals surface area contributed by atoms with Crippen LogP contribution in [0.15, 0.2) is 11.4 Å². The third-order valence-electron chi connectivity index (χ3n) is 5.51. The number of thiophene rings is 1. The molecule has 1 aliphatic carbocycles. The van der Waals surface area contributed by atoms with Crippen LogP contribution in [0.25, 0.3) is 16.0 Å². The standard InChI is InChI=1S/C17H21N3O2S/c1-10(21)14-18-15(22)13-11-3-4-17(5-7-20(2)8-6-17)9-12(11)23-16(13)19-14/h21H,1,3-9H2,2H3,(H,18,19,22). The summed E-state index contributed by atoms with van der Waals surface area (Å²) in [6, 6.07) is 0. The van der Waals surface area contributed by atoms with Crippen molar-refractivity contribution in [2.45, 2.75) is 32.1 Å². The van der Waals surface area contributed by atoms with Crippen molar-refractivity contribution >= 4 is 27.3 Å². The fourth-order valence-corrected chi connectivity index (χ4v) is 5.39. The first-order valence-corrected chi connectivity index (χ1v) is 8.90. The SMILES string of the molecule is C=C(O)c1nc2sc3c(c2c(=O)[nH]1)CCC1(CCN(C)CC1)C3. The Morgan fingerprint density at radius 3 is 2.83 bits per heavy atom. The summed E-state index contributed by atoms with van der Waals surface area (Å²) in [5.74, 6) is -0.0164. The van der Waals surface area contributed by atoms with Gasteiger partial charge in [0.15, 0.2) is 11.6 Å². The third kappa shape index (κ3) is 2.40. The van der Waals surface area contributed by atoms with Crippen molar-refractivity contribution in [2.24, 2.45) is 5.41 Å². The van der Waals surface area contributed by atoms with Crippen molar-refractivity contribution in [1.82, 2.24) is 14.9 Å². The highest BCUT2D eigenvalue weighted by molar-refractivity contribution is 7.18. The molecule has 0 saturated carbocycles. The van der Waals surface area contributed by atoms with E-state index < -0.39 is 0 Å². The molecule has 3 heterocycles. The second-order valence-corrected chi connectivity index (χ2v) is 8.11. The van der Waals surface area contributed by atoms with Crippen LogP contribution < -0.4 is 5.56 Å². The molecular weight excluding hydrogens is 310 g/mol. The first-order valence-electron chi connectivity index (χ1n) is 8.09. The molecule has 0 radical (unpaired) electrons. The van der Waals surface area contributed by atoms with E-state index in [1.165, 1.54) is 23.3 Å². The van der Waals surface area contributed by atoms with Crippen molar-refractivity contribution < 1.29 is 5.11 Å². The highest BCUT2D eigenvalue weighted by atomic mass is 32.1. The van der Waals surface area contributed by atoms with Gasteiger partial charge in [0.1, 0.15) is 4.83 Å². The maximum Gasteiger partial charge on any atom is 0.260 e. The van der Waals surface area contributed by atoms with E-state index in [2.05, 4.69) is 28.5 Å². The minimum absolute atomic E-state index is 0.156. The topological polar surface area (TPSA) is 69.2 Å². The van der Waals surface area contributed by atoms with Crippen molar-refractivity contribution in [3.05, 3.63) is 33.2 Å². The lowest BCUT2D eigenvalue weighted by Gasteiger charge is -2.43. The largest absolute Gasteiger partial charge is 0.505 e. The van der Waals surface area contributed by atoms with Gasteiger partial charge in [0.05, 0.1) is 5.39 Å². The number of aryl methyl sites for hydroxylation is 1. The van der Waals surface area contributed by atoms with Gasteiger partial charge in [-0.05, 0) is 63.2 Å². The van der Waals surface area contributed by atoms with Crippen LogP contribution in [0.3, 0.4) is 0 Å². The summed E-state index contributed by atoms with van der Waals surface area (Å²) in [5, 5.41) is 10.2. The average molecular weight is 331 g/mol. The number of hydrogen-bond acceptors (Lipinski definition) is 5. The minimum Gasteiger partial charge on any atom is -0.505 e. The first kappa shape index (κ1) is 14.9. The number of rotatable bonds is 1. The lowest BCUT2D eigenvalue weighted by atomic mass is 9.68. The first-order chi connectivity index (χ1) is 11.0. The predicted octanol–water partition coefficient (Wildman–Crippen LogP) is 2.71. The Bertz CT molecular complexity index is 843. The average Bonchev–Trinajstić information content (AvgIpc) is 2.88. The summed E-state index contributed by atoms with van der Waals surface area (Å²) in [5.41, 5.74) is 1.42. The number of nitrogens with one attached hydrogen (secondary N) is 1. The molecule has 0 atom stereocenters. The van der Waals surface area contributed by atoms with E-state index in [0.717, 1.165) is 42.6 Å². The molecule has 2 aliphatic rings. The summed E-state index contributed by atoms with van der Waals surface area (Å²) < 4.78 is 0. The molecular formula is C17H21N3O2S. The van der Waals surface area contributed by atoms with E-state index >= 15 is 0 Å². The van der Waals surface area contributed by atoms with Crippen LogP contribution in [0.1, 0.15) is 35.5 Å². The molecule has 4 rings (SSSR count). The number of aliphatic hydroxyl groups excluding tert-OH is 1. The van der Waals surface area contributed by atoms with Gasteiger partial charge in [0.25, 0.3) is 5.56 Å². The van der Waals surface area contributed by atoms with Gasteiger partial charge < -0.3 is 15.0 Å². The Morgan fingerprint density at radius 1 is 1.39 bits per heavy atom. The number of aromatic nitrogens is 2. The van der Waals surface area contributed by atoms with Gasteiger partial charge in [-0.1, -0.05) is 6.58 Å². The Morgan fingerprint density at radius 2 is 2.13 bits per heavy atom. The summed E-state index contributed by atoms with van der Waals surface area (Å²) in [7, 11) is 2.19. The number of nitrogens with zero attached hydrogens (tertiary/aromatic N) is 2. The molecule has 2 N–H and O–H groups in total. The van der Waals surface area contributed by atoms with Crippen LogP contribution in [0.5, 0.6) is 0 Å². The van der Waals surface area contributed by atoms with Crippen molar-refractivity contribution in [2.75, 3.05) is 20.1 Å². The molecule has 6 heteroatoms. The predicted molar refractivity (Wildman–Crippen MR) is 93.1 cm³/mol. The smallest absolute Gasteiger partial charge is 0.260 e. The molecule has 122 valence electrons. The van der Waals surface area contributed by atoms with Crippen LogP contribution in [-0.4, -0.2) is 40.1 Å². The molecule has 0 bridgehead atoms. The van der Waals surface area contributed by atoms with Crippen LogP contribution in [-0.2, 0) is 12.8 Å². The molecule has 23 heavy (non-hydrogen) atoms. The Hall–Kier alpha value is -1.66. The van der Waals surface area contributed by atoms with E-state index in [9.17, 15) is 9.90 Å². The van der Waals surface area contributed by atoms with Crippen molar-refractivity contribution in [1.29, 1.82) is 0 Å². The minimum atomic E-state index is -0.192. The molecule has 1 spiro atoms. The van der Waals surface area contributed by atoms with E-state index in [1.54, 1.807) is 11.3 Å². The van der Waals surface area contributed by atoms with Gasteiger partial charge in [0.2, 0.25) is 0 Å². The number of piperidine rings is 1. The highest BCUT2D eigenvalue weighted by Crippen LogP contribution is 2.46. The highest BCUT2D eigenvalue weighted by Gasteiger charge is 2.38. The van der Waals surface area contributed by atoms with Crippen LogP contribution >= 0.6 is 11.3 Å². The molecule has 0 aromatic carbocycles. The normalized spacial score (nSPS) is 20.7. The monoisotopic (exact) mass is 331 g/mol. The molecule has 0 amide bonds. The van der Waals surface area contributed by atoms with Gasteiger partial charge >= 0.3 is 0 Å². The van der Waals surface area contributed by atoms with Crippen molar-refractivity contribution in [3.8, 4) is 0 Å². The Balaban J connectivity index is 1.77. The van der Waals surface area contributed by atoms with Gasteiger partial charge in [0, 0.05) is 4.88 Å². The molecule has 0 unspecified atom stereocenters.